The highest BCUT2D eigenvalue weighted by molar-refractivity contribution is 6.07. The minimum Gasteiger partial charge on any atom is -0.350 e. The van der Waals surface area contributed by atoms with Crippen LogP contribution in [0.2, 0.25) is 0 Å². The van der Waals surface area contributed by atoms with E-state index in [0.717, 1.165) is 29.3 Å². The summed E-state index contributed by atoms with van der Waals surface area (Å²) in [6.45, 7) is 0.606. The van der Waals surface area contributed by atoms with Crippen LogP contribution in [0.1, 0.15) is 41.7 Å². The molecule has 0 radical (unpaired) electrons. The van der Waals surface area contributed by atoms with E-state index in [2.05, 4.69) is 34.6 Å². The molecule has 30 heavy (non-hydrogen) atoms. The number of benzene rings is 2. The molecule has 5 nitrogen and oxygen atoms in total. The van der Waals surface area contributed by atoms with E-state index in [-0.39, 0.29) is 16.9 Å². The molecule has 1 aliphatic carbocycles. The number of H-pyrrole nitrogens is 1. The van der Waals surface area contributed by atoms with Gasteiger partial charge in [0.25, 0.3) is 11.5 Å². The second-order valence-corrected chi connectivity index (χ2v) is 8.39. The second-order valence-electron chi connectivity index (χ2n) is 8.39. The smallest absolute Gasteiger partial charge is 0.267 e. The molecule has 5 rings (SSSR count). The summed E-state index contributed by atoms with van der Waals surface area (Å²) in [6, 6.07) is 19.9. The molecule has 0 unspecified atom stereocenters. The van der Waals surface area contributed by atoms with Gasteiger partial charge in [-0.05, 0) is 30.5 Å². The highest BCUT2D eigenvalue weighted by Gasteiger charge is 2.36. The number of nitrogens with one attached hydrogen (secondary N) is 2. The Morgan fingerprint density at radius 3 is 2.50 bits per heavy atom. The van der Waals surface area contributed by atoms with Gasteiger partial charge in [-0.3, -0.25) is 9.59 Å². The predicted molar refractivity (Wildman–Crippen MR) is 120 cm³/mol. The molecule has 1 aliphatic rings. The molecule has 4 aromatic rings. The molecule has 0 aliphatic heterocycles. The van der Waals surface area contributed by atoms with Gasteiger partial charge in [0, 0.05) is 24.4 Å². The lowest BCUT2D eigenvalue weighted by atomic mass is 9.79. The molecule has 1 saturated carbocycles. The van der Waals surface area contributed by atoms with Crippen molar-refractivity contribution in [3.63, 3.8) is 0 Å². The Balaban J connectivity index is 1.50. The molecule has 0 bridgehead atoms. The summed E-state index contributed by atoms with van der Waals surface area (Å²) in [4.78, 5) is 28.7. The van der Waals surface area contributed by atoms with Crippen molar-refractivity contribution in [2.24, 2.45) is 7.05 Å². The highest BCUT2D eigenvalue weighted by atomic mass is 16.2. The fraction of sp³-hybridized carbons (Fsp3) is 0.280. The molecule has 2 aromatic heterocycles. The third-order valence-corrected chi connectivity index (χ3v) is 6.67. The minimum absolute atomic E-state index is 0.00826. The van der Waals surface area contributed by atoms with Gasteiger partial charge in [-0.1, -0.05) is 61.4 Å². The van der Waals surface area contributed by atoms with E-state index >= 15 is 0 Å². The summed E-state index contributed by atoms with van der Waals surface area (Å²) in [5, 5.41) is 4.65. The molecule has 2 heterocycles. The summed E-state index contributed by atoms with van der Waals surface area (Å²) >= 11 is 0. The molecule has 0 atom stereocenters. The number of para-hydroxylation sites is 1. The summed E-state index contributed by atoms with van der Waals surface area (Å²) in [7, 11) is 1.85. The fourth-order valence-corrected chi connectivity index (χ4v) is 5.06. The first kappa shape index (κ1) is 18.7. The van der Waals surface area contributed by atoms with Gasteiger partial charge in [-0.15, -0.1) is 0 Å². The molecular weight excluding hydrogens is 374 g/mol. The van der Waals surface area contributed by atoms with Gasteiger partial charge in [0.15, 0.2) is 0 Å². The van der Waals surface area contributed by atoms with Gasteiger partial charge in [-0.25, -0.2) is 0 Å². The lowest BCUT2D eigenvalue weighted by molar-refractivity contribution is 0.0935. The molecule has 2 aromatic carbocycles. The quantitative estimate of drug-likeness (QED) is 0.538. The number of amides is 1. The zero-order valence-electron chi connectivity index (χ0n) is 17.1. The number of carbonyl (C=O) groups is 1. The number of hydrogen-bond acceptors (Lipinski definition) is 2. The molecule has 0 saturated heterocycles. The number of aryl methyl sites for hydroxylation is 1. The van der Waals surface area contributed by atoms with Crippen molar-refractivity contribution in [3.05, 3.63) is 82.3 Å². The van der Waals surface area contributed by atoms with Crippen LogP contribution in [0.15, 0.2) is 65.5 Å². The number of carbonyl (C=O) groups excluding carboxylic acids is 1. The van der Waals surface area contributed by atoms with Crippen molar-refractivity contribution >= 4 is 27.7 Å². The first-order valence-electron chi connectivity index (χ1n) is 10.5. The van der Waals surface area contributed by atoms with Gasteiger partial charge in [0.05, 0.1) is 16.4 Å². The molecule has 2 N–H and O–H groups in total. The van der Waals surface area contributed by atoms with Crippen molar-refractivity contribution in [2.45, 2.75) is 31.1 Å². The normalized spacial score (nSPS) is 15.6. The molecule has 0 spiro atoms. The van der Waals surface area contributed by atoms with Crippen LogP contribution in [0.25, 0.3) is 21.8 Å². The van der Waals surface area contributed by atoms with Crippen molar-refractivity contribution in [3.8, 4) is 0 Å². The number of aromatic nitrogens is 2. The number of nitrogens with zero attached hydrogens (tertiary/aromatic N) is 1. The Morgan fingerprint density at radius 2 is 1.73 bits per heavy atom. The van der Waals surface area contributed by atoms with Crippen LogP contribution in [0.4, 0.5) is 0 Å². The summed E-state index contributed by atoms with van der Waals surface area (Å²) in [5.41, 5.74) is 3.19. The Morgan fingerprint density at radius 1 is 1.03 bits per heavy atom. The third kappa shape index (κ3) is 2.93. The SMILES string of the molecule is Cn1c(C(=O)NCC2(c3ccccc3)CCCC2)cc2c(=O)[nH]c3ccccc3c21. The standard InChI is InChI=1S/C25H25N3O2/c1-28-21(15-19-22(28)18-11-5-6-12-20(18)27-23(19)29)24(30)26-16-25(13-7-8-14-25)17-9-3-2-4-10-17/h2-6,9-12,15H,7-8,13-14,16H2,1H3,(H,26,30)(H,27,29). The van der Waals surface area contributed by atoms with Crippen LogP contribution in [0.5, 0.6) is 0 Å². The summed E-state index contributed by atoms with van der Waals surface area (Å²) < 4.78 is 1.84. The molecule has 5 heteroatoms. The van der Waals surface area contributed by atoms with Crippen LogP contribution >= 0.6 is 0 Å². The van der Waals surface area contributed by atoms with Gasteiger partial charge in [0.2, 0.25) is 0 Å². The number of hydrogen-bond donors (Lipinski definition) is 2. The Bertz CT molecular complexity index is 1290. The van der Waals surface area contributed by atoms with E-state index in [0.29, 0.717) is 17.6 Å². The van der Waals surface area contributed by atoms with Crippen LogP contribution in [0.3, 0.4) is 0 Å². The highest BCUT2D eigenvalue weighted by Crippen LogP contribution is 2.40. The average Bonchev–Trinajstić information content (AvgIpc) is 3.39. The molecule has 152 valence electrons. The first-order chi connectivity index (χ1) is 14.6. The second kappa shape index (κ2) is 7.17. The molecule has 1 amide bonds. The fourth-order valence-electron chi connectivity index (χ4n) is 5.06. The van der Waals surface area contributed by atoms with Crippen molar-refractivity contribution in [1.29, 1.82) is 0 Å². The number of pyridine rings is 1. The molecule has 1 fully saturated rings. The Labute approximate surface area is 174 Å². The minimum atomic E-state index is -0.171. The largest absolute Gasteiger partial charge is 0.350 e. The third-order valence-electron chi connectivity index (χ3n) is 6.67. The van der Waals surface area contributed by atoms with Crippen molar-refractivity contribution < 1.29 is 4.79 Å². The van der Waals surface area contributed by atoms with E-state index in [1.807, 2.05) is 41.9 Å². The maximum atomic E-state index is 13.2. The van der Waals surface area contributed by atoms with E-state index in [1.54, 1.807) is 6.07 Å². The van der Waals surface area contributed by atoms with Crippen molar-refractivity contribution in [2.75, 3.05) is 6.54 Å². The van der Waals surface area contributed by atoms with Gasteiger partial charge >= 0.3 is 0 Å². The lowest BCUT2D eigenvalue weighted by Gasteiger charge is -2.30. The predicted octanol–water partition coefficient (Wildman–Crippen LogP) is 4.26. The number of aromatic amines is 1. The topological polar surface area (TPSA) is 66.9 Å². The van der Waals surface area contributed by atoms with E-state index in [4.69, 9.17) is 0 Å². The maximum absolute atomic E-state index is 13.2. The van der Waals surface area contributed by atoms with Crippen LogP contribution in [-0.2, 0) is 12.5 Å². The van der Waals surface area contributed by atoms with Crippen LogP contribution in [0, 0.1) is 0 Å². The average molecular weight is 399 g/mol. The van der Waals surface area contributed by atoms with E-state index < -0.39 is 0 Å². The van der Waals surface area contributed by atoms with Crippen LogP contribution < -0.4 is 10.9 Å². The summed E-state index contributed by atoms with van der Waals surface area (Å²) in [6.07, 6.45) is 4.52. The molecular formula is C25H25N3O2. The van der Waals surface area contributed by atoms with Gasteiger partial charge < -0.3 is 14.9 Å². The first-order valence-corrected chi connectivity index (χ1v) is 10.5. The maximum Gasteiger partial charge on any atom is 0.267 e. The Kier molecular flexibility index (Phi) is 4.46. The Hall–Kier alpha value is -3.34. The number of rotatable bonds is 4. The van der Waals surface area contributed by atoms with Gasteiger partial charge in [-0.2, -0.15) is 0 Å². The van der Waals surface area contributed by atoms with Crippen LogP contribution in [-0.4, -0.2) is 22.0 Å². The zero-order valence-corrected chi connectivity index (χ0v) is 17.1. The van der Waals surface area contributed by atoms with E-state index in [1.165, 1.54) is 18.4 Å². The lowest BCUT2D eigenvalue weighted by Crippen LogP contribution is -2.39. The van der Waals surface area contributed by atoms with Gasteiger partial charge in [0.1, 0.15) is 5.69 Å². The summed E-state index contributed by atoms with van der Waals surface area (Å²) in [5.74, 6) is -0.139. The van der Waals surface area contributed by atoms with Crippen molar-refractivity contribution in [1.82, 2.24) is 14.9 Å². The zero-order chi connectivity index (χ0) is 20.7. The number of fused-ring (bicyclic) bond motifs is 3. The van der Waals surface area contributed by atoms with E-state index in [9.17, 15) is 9.59 Å². The monoisotopic (exact) mass is 399 g/mol.